The maximum Gasteiger partial charge on any atom is 0.0613 e. The summed E-state index contributed by atoms with van der Waals surface area (Å²) in [6.07, 6.45) is 2.60. The van der Waals surface area contributed by atoms with E-state index in [2.05, 4.69) is 5.10 Å². The molecule has 1 aliphatic rings. The van der Waals surface area contributed by atoms with Crippen LogP contribution in [0.3, 0.4) is 0 Å². The summed E-state index contributed by atoms with van der Waals surface area (Å²) in [5, 5.41) is 16.1. The summed E-state index contributed by atoms with van der Waals surface area (Å²) in [5.41, 5.74) is 0.922. The zero-order valence-corrected chi connectivity index (χ0v) is 10.1. The van der Waals surface area contributed by atoms with E-state index in [1.165, 1.54) is 0 Å². The van der Waals surface area contributed by atoms with Gasteiger partial charge >= 0.3 is 0 Å². The fourth-order valence-corrected chi connectivity index (χ4v) is 1.93. The quantitative estimate of drug-likeness (QED) is 0.905. The first-order chi connectivity index (χ1) is 7.70. The molecule has 0 bridgehead atoms. The second-order valence-corrected chi connectivity index (χ2v) is 4.53. The zero-order chi connectivity index (χ0) is 11.5. The second-order valence-electron chi connectivity index (χ2n) is 3.72. The van der Waals surface area contributed by atoms with Gasteiger partial charge in [0.15, 0.2) is 0 Å². The lowest BCUT2D eigenvalue weighted by atomic mass is 10.1. The highest BCUT2D eigenvalue weighted by Gasteiger charge is 2.18. The highest BCUT2D eigenvalue weighted by atomic mass is 35.5. The summed E-state index contributed by atoms with van der Waals surface area (Å²) < 4.78 is 0. The molecule has 3 nitrogen and oxygen atoms in total. The van der Waals surface area contributed by atoms with Gasteiger partial charge in [-0.3, -0.25) is 5.01 Å². The molecule has 0 aliphatic carbocycles. The van der Waals surface area contributed by atoms with E-state index in [0.29, 0.717) is 16.0 Å². The topological polar surface area (TPSA) is 35.8 Å². The van der Waals surface area contributed by atoms with Gasteiger partial charge in [0.25, 0.3) is 0 Å². The predicted molar refractivity (Wildman–Crippen MR) is 67.5 cm³/mol. The molecule has 0 unspecified atom stereocenters. The number of benzene rings is 1. The predicted octanol–water partition coefficient (Wildman–Crippen LogP) is 2.80. The molecule has 0 amide bonds. The van der Waals surface area contributed by atoms with Crippen molar-refractivity contribution in [2.75, 3.05) is 18.2 Å². The summed E-state index contributed by atoms with van der Waals surface area (Å²) in [7, 11) is 0. The molecule has 1 aromatic carbocycles. The lowest BCUT2D eigenvalue weighted by Gasteiger charge is -2.16. The number of aliphatic hydroxyl groups is 1. The SMILES string of the molecule is OCC[C@@H]1C=NN(c2ccc(Cl)c(Cl)c2)C1. The van der Waals surface area contributed by atoms with Crippen LogP contribution in [-0.2, 0) is 0 Å². The Morgan fingerprint density at radius 2 is 2.19 bits per heavy atom. The summed E-state index contributed by atoms with van der Waals surface area (Å²) in [6, 6.07) is 5.43. The van der Waals surface area contributed by atoms with Gasteiger partial charge in [0.05, 0.1) is 15.7 Å². The van der Waals surface area contributed by atoms with Gasteiger partial charge in [0, 0.05) is 25.3 Å². The molecule has 86 valence electrons. The van der Waals surface area contributed by atoms with Gasteiger partial charge < -0.3 is 5.11 Å². The highest BCUT2D eigenvalue weighted by molar-refractivity contribution is 6.42. The largest absolute Gasteiger partial charge is 0.396 e. The number of rotatable bonds is 3. The lowest BCUT2D eigenvalue weighted by Crippen LogP contribution is -2.18. The monoisotopic (exact) mass is 258 g/mol. The summed E-state index contributed by atoms with van der Waals surface area (Å²) in [6.45, 7) is 0.963. The Morgan fingerprint density at radius 1 is 1.38 bits per heavy atom. The van der Waals surface area contributed by atoms with E-state index in [9.17, 15) is 0 Å². The molecule has 0 aromatic heterocycles. The van der Waals surface area contributed by atoms with Crippen LogP contribution in [-0.4, -0.2) is 24.5 Å². The fraction of sp³-hybridized carbons (Fsp3) is 0.364. The molecular formula is C11H12Cl2N2O. The number of nitrogens with zero attached hydrogens (tertiary/aromatic N) is 2. The minimum Gasteiger partial charge on any atom is -0.396 e. The van der Waals surface area contributed by atoms with E-state index < -0.39 is 0 Å². The molecular weight excluding hydrogens is 247 g/mol. The average molecular weight is 259 g/mol. The zero-order valence-electron chi connectivity index (χ0n) is 8.61. The van der Waals surface area contributed by atoms with Crippen LogP contribution in [0.1, 0.15) is 6.42 Å². The number of hydrogen-bond acceptors (Lipinski definition) is 3. The van der Waals surface area contributed by atoms with E-state index >= 15 is 0 Å². The Balaban J connectivity index is 2.09. The molecule has 1 heterocycles. The molecule has 1 aliphatic heterocycles. The smallest absolute Gasteiger partial charge is 0.0613 e. The lowest BCUT2D eigenvalue weighted by molar-refractivity contribution is 0.277. The van der Waals surface area contributed by atoms with Crippen LogP contribution in [0.4, 0.5) is 5.69 Å². The molecule has 0 fully saturated rings. The van der Waals surface area contributed by atoms with Gasteiger partial charge in [-0.1, -0.05) is 23.2 Å². The first-order valence-corrected chi connectivity index (χ1v) is 5.84. The molecule has 0 radical (unpaired) electrons. The van der Waals surface area contributed by atoms with Crippen molar-refractivity contribution in [2.45, 2.75) is 6.42 Å². The van der Waals surface area contributed by atoms with Gasteiger partial charge in [-0.05, 0) is 24.6 Å². The van der Waals surface area contributed by atoms with Crippen molar-refractivity contribution in [3.8, 4) is 0 Å². The standard InChI is InChI=1S/C11H12Cl2N2O/c12-10-2-1-9(5-11(10)13)15-7-8(3-4-16)6-14-15/h1-2,5-6,8,16H,3-4,7H2/t8-/m1/s1. The van der Waals surface area contributed by atoms with Crippen LogP contribution in [0.2, 0.25) is 10.0 Å². The van der Waals surface area contributed by atoms with Gasteiger partial charge in [-0.2, -0.15) is 5.10 Å². The van der Waals surface area contributed by atoms with E-state index in [4.69, 9.17) is 28.3 Å². The number of hydrazone groups is 1. The number of anilines is 1. The van der Waals surface area contributed by atoms with E-state index in [0.717, 1.165) is 18.7 Å². The summed E-state index contributed by atoms with van der Waals surface area (Å²) >= 11 is 11.8. The normalized spacial score (nSPS) is 19.4. The first kappa shape index (κ1) is 11.7. The van der Waals surface area contributed by atoms with Crippen molar-refractivity contribution in [3.63, 3.8) is 0 Å². The van der Waals surface area contributed by atoms with Crippen molar-refractivity contribution in [2.24, 2.45) is 11.0 Å². The molecule has 2 rings (SSSR count). The van der Waals surface area contributed by atoms with Crippen LogP contribution in [0.5, 0.6) is 0 Å². The molecule has 1 N–H and O–H groups in total. The van der Waals surface area contributed by atoms with Crippen molar-refractivity contribution < 1.29 is 5.11 Å². The number of aliphatic hydroxyl groups excluding tert-OH is 1. The first-order valence-electron chi connectivity index (χ1n) is 5.08. The summed E-state index contributed by atoms with van der Waals surface area (Å²) in [5.74, 6) is 0.305. The highest BCUT2D eigenvalue weighted by Crippen LogP contribution is 2.29. The van der Waals surface area contributed by atoms with Gasteiger partial charge in [-0.25, -0.2) is 0 Å². The van der Waals surface area contributed by atoms with Crippen molar-refractivity contribution in [1.82, 2.24) is 0 Å². The molecule has 1 aromatic rings. The van der Waals surface area contributed by atoms with Crippen molar-refractivity contribution >= 4 is 35.1 Å². The van der Waals surface area contributed by atoms with Crippen molar-refractivity contribution in [3.05, 3.63) is 28.2 Å². The second kappa shape index (κ2) is 5.04. The molecule has 1 atom stereocenters. The molecule has 5 heteroatoms. The maximum absolute atomic E-state index is 8.85. The third-order valence-electron chi connectivity index (χ3n) is 2.53. The maximum atomic E-state index is 8.85. The Labute approximate surface area is 104 Å². The molecule has 0 spiro atoms. The molecule has 0 saturated heterocycles. The Kier molecular flexibility index (Phi) is 3.69. The molecule has 0 saturated carbocycles. The van der Waals surface area contributed by atoms with Crippen LogP contribution in [0.15, 0.2) is 23.3 Å². The third kappa shape index (κ3) is 2.48. The number of hydrogen-bond donors (Lipinski definition) is 1. The van der Waals surface area contributed by atoms with E-state index in [-0.39, 0.29) is 6.61 Å². The van der Waals surface area contributed by atoms with Crippen LogP contribution >= 0.6 is 23.2 Å². The van der Waals surface area contributed by atoms with Crippen molar-refractivity contribution in [1.29, 1.82) is 0 Å². The average Bonchev–Trinajstić information content (AvgIpc) is 2.71. The van der Waals surface area contributed by atoms with E-state index in [1.54, 1.807) is 12.1 Å². The minimum atomic E-state index is 0.186. The molecule has 16 heavy (non-hydrogen) atoms. The van der Waals surface area contributed by atoms with E-state index in [1.807, 2.05) is 17.3 Å². The Hall–Kier alpha value is -0.770. The van der Waals surface area contributed by atoms with Gasteiger partial charge in [0.2, 0.25) is 0 Å². The minimum absolute atomic E-state index is 0.186. The van der Waals surface area contributed by atoms with Crippen LogP contribution in [0.25, 0.3) is 0 Å². The van der Waals surface area contributed by atoms with Crippen LogP contribution in [0, 0.1) is 5.92 Å². The Bertz CT molecular complexity index is 409. The van der Waals surface area contributed by atoms with Gasteiger partial charge in [-0.15, -0.1) is 0 Å². The van der Waals surface area contributed by atoms with Gasteiger partial charge in [0.1, 0.15) is 0 Å². The fourth-order valence-electron chi connectivity index (χ4n) is 1.64. The third-order valence-corrected chi connectivity index (χ3v) is 3.26. The van der Waals surface area contributed by atoms with Crippen LogP contribution < -0.4 is 5.01 Å². The Morgan fingerprint density at radius 3 is 2.88 bits per heavy atom. The number of halogens is 2. The summed E-state index contributed by atoms with van der Waals surface area (Å²) in [4.78, 5) is 0.